The number of benzene rings is 2. The molecule has 0 bridgehead atoms. The third-order valence-electron chi connectivity index (χ3n) is 4.54. The van der Waals surface area contributed by atoms with Gasteiger partial charge < -0.3 is 9.88 Å². The van der Waals surface area contributed by atoms with E-state index in [-0.39, 0.29) is 0 Å². The first-order valence-corrected chi connectivity index (χ1v) is 9.15. The fourth-order valence-corrected chi connectivity index (χ4v) is 3.13. The van der Waals surface area contributed by atoms with Crippen molar-refractivity contribution in [3.8, 4) is 0 Å². The van der Waals surface area contributed by atoms with E-state index in [0.717, 1.165) is 42.3 Å². The summed E-state index contributed by atoms with van der Waals surface area (Å²) in [6.07, 6.45) is 5.17. The van der Waals surface area contributed by atoms with Gasteiger partial charge in [-0.2, -0.15) is 0 Å². The predicted molar refractivity (Wildman–Crippen MR) is 104 cm³/mol. The molecule has 2 aromatic carbocycles. The minimum Gasteiger partial charge on any atom is -0.347 e. The second kappa shape index (κ2) is 8.48. The van der Waals surface area contributed by atoms with Crippen molar-refractivity contribution in [1.29, 1.82) is 0 Å². The summed E-state index contributed by atoms with van der Waals surface area (Å²) < 4.78 is 2.09. The van der Waals surface area contributed by atoms with Crippen molar-refractivity contribution in [3.05, 3.63) is 71.9 Å². The summed E-state index contributed by atoms with van der Waals surface area (Å²) in [4.78, 5) is 25.1. The van der Waals surface area contributed by atoms with E-state index in [1.165, 1.54) is 0 Å². The standard InChI is InChI=1S/C22H24N2O2/c1-2-3-9-14-24-16-19(18-12-7-8-13-20(18)24)21(25)22(26)23-15-17-10-5-4-6-11-17/h4-8,10-13,16H,2-3,9,14-15H2,1H3,(H,23,26). The van der Waals surface area contributed by atoms with Crippen LogP contribution in [0.1, 0.15) is 42.1 Å². The maximum atomic E-state index is 12.7. The van der Waals surface area contributed by atoms with Crippen LogP contribution >= 0.6 is 0 Å². The van der Waals surface area contributed by atoms with Gasteiger partial charge in [-0.1, -0.05) is 68.3 Å². The number of unbranched alkanes of at least 4 members (excludes halogenated alkanes) is 2. The molecular formula is C22H24N2O2. The van der Waals surface area contributed by atoms with Crippen molar-refractivity contribution in [2.75, 3.05) is 0 Å². The molecule has 0 aliphatic carbocycles. The van der Waals surface area contributed by atoms with Crippen molar-refractivity contribution in [2.45, 2.75) is 39.3 Å². The Morgan fingerprint density at radius 2 is 1.69 bits per heavy atom. The average molecular weight is 348 g/mol. The zero-order valence-electron chi connectivity index (χ0n) is 15.1. The van der Waals surface area contributed by atoms with Crippen molar-refractivity contribution in [3.63, 3.8) is 0 Å². The minimum atomic E-state index is -0.565. The van der Waals surface area contributed by atoms with E-state index in [0.29, 0.717) is 12.1 Å². The minimum absolute atomic E-state index is 0.348. The molecule has 0 saturated heterocycles. The van der Waals surface area contributed by atoms with Crippen LogP contribution in [0.3, 0.4) is 0 Å². The van der Waals surface area contributed by atoms with Crippen LogP contribution in [-0.2, 0) is 17.9 Å². The van der Waals surface area contributed by atoms with E-state index in [4.69, 9.17) is 0 Å². The lowest BCUT2D eigenvalue weighted by molar-refractivity contribution is -0.117. The summed E-state index contributed by atoms with van der Waals surface area (Å²) in [5.74, 6) is -1.04. The van der Waals surface area contributed by atoms with Crippen LogP contribution in [0.25, 0.3) is 10.9 Å². The number of fused-ring (bicyclic) bond motifs is 1. The number of hydrogen-bond donors (Lipinski definition) is 1. The molecule has 0 aliphatic heterocycles. The molecule has 0 spiro atoms. The third-order valence-corrected chi connectivity index (χ3v) is 4.54. The van der Waals surface area contributed by atoms with Gasteiger partial charge in [0.15, 0.2) is 0 Å². The first kappa shape index (κ1) is 17.9. The van der Waals surface area contributed by atoms with E-state index in [1.54, 1.807) is 0 Å². The van der Waals surface area contributed by atoms with E-state index in [2.05, 4.69) is 16.8 Å². The Labute approximate surface area is 153 Å². The fraction of sp³-hybridized carbons (Fsp3) is 0.273. The largest absolute Gasteiger partial charge is 0.347 e. The summed E-state index contributed by atoms with van der Waals surface area (Å²) in [5.41, 5.74) is 2.45. The van der Waals surface area contributed by atoms with Crippen molar-refractivity contribution >= 4 is 22.6 Å². The number of rotatable bonds is 8. The van der Waals surface area contributed by atoms with Gasteiger partial charge in [-0.05, 0) is 18.1 Å². The number of carbonyl (C=O) groups is 2. The maximum Gasteiger partial charge on any atom is 0.292 e. The van der Waals surface area contributed by atoms with E-state index >= 15 is 0 Å². The van der Waals surface area contributed by atoms with Gasteiger partial charge in [0.2, 0.25) is 0 Å². The summed E-state index contributed by atoms with van der Waals surface area (Å²) in [7, 11) is 0. The van der Waals surface area contributed by atoms with Gasteiger partial charge in [0.05, 0.1) is 5.56 Å². The molecule has 1 amide bonds. The first-order valence-electron chi connectivity index (χ1n) is 9.15. The number of aryl methyl sites for hydroxylation is 1. The summed E-state index contributed by atoms with van der Waals surface area (Å²) in [5, 5.41) is 3.56. The molecule has 0 aliphatic rings. The lowest BCUT2D eigenvalue weighted by atomic mass is 10.1. The molecule has 3 rings (SSSR count). The third kappa shape index (κ3) is 4.02. The first-order chi connectivity index (χ1) is 12.7. The van der Waals surface area contributed by atoms with Crippen molar-refractivity contribution < 1.29 is 9.59 Å². The number of nitrogens with zero attached hydrogens (tertiary/aromatic N) is 1. The Morgan fingerprint density at radius 3 is 2.46 bits per heavy atom. The van der Waals surface area contributed by atoms with Gasteiger partial charge in [0.25, 0.3) is 11.7 Å². The summed E-state index contributed by atoms with van der Waals surface area (Å²) >= 11 is 0. The molecule has 4 nitrogen and oxygen atoms in total. The van der Waals surface area contributed by atoms with E-state index in [1.807, 2.05) is 60.8 Å². The molecule has 0 atom stereocenters. The quantitative estimate of drug-likeness (QED) is 0.374. The molecule has 26 heavy (non-hydrogen) atoms. The summed E-state index contributed by atoms with van der Waals surface area (Å²) in [6.45, 7) is 3.37. The molecular weight excluding hydrogens is 324 g/mol. The van der Waals surface area contributed by atoms with E-state index < -0.39 is 11.7 Å². The molecule has 4 heteroatoms. The van der Waals surface area contributed by atoms with Gasteiger partial charge >= 0.3 is 0 Å². The van der Waals surface area contributed by atoms with Crippen LogP contribution < -0.4 is 5.32 Å². The molecule has 1 heterocycles. The van der Waals surface area contributed by atoms with Crippen LogP contribution in [0.4, 0.5) is 0 Å². The number of amides is 1. The smallest absolute Gasteiger partial charge is 0.292 e. The topological polar surface area (TPSA) is 51.1 Å². The van der Waals surface area contributed by atoms with Crippen LogP contribution in [0.15, 0.2) is 60.8 Å². The summed E-state index contributed by atoms with van der Waals surface area (Å²) in [6, 6.07) is 17.3. The fourth-order valence-electron chi connectivity index (χ4n) is 3.13. The molecule has 3 aromatic rings. The normalized spacial score (nSPS) is 10.8. The van der Waals surface area contributed by atoms with Gasteiger partial charge in [0, 0.05) is 30.2 Å². The molecule has 0 fully saturated rings. The van der Waals surface area contributed by atoms with Crippen LogP contribution in [-0.4, -0.2) is 16.3 Å². The molecule has 0 radical (unpaired) electrons. The zero-order chi connectivity index (χ0) is 18.4. The van der Waals surface area contributed by atoms with Crippen molar-refractivity contribution in [1.82, 2.24) is 9.88 Å². The average Bonchev–Trinajstić information content (AvgIpc) is 3.05. The lowest BCUT2D eigenvalue weighted by Crippen LogP contribution is -2.30. The van der Waals surface area contributed by atoms with Gasteiger partial charge in [-0.15, -0.1) is 0 Å². The van der Waals surface area contributed by atoms with Gasteiger partial charge in [0.1, 0.15) is 0 Å². The Hall–Kier alpha value is -2.88. The Bertz CT molecular complexity index is 897. The van der Waals surface area contributed by atoms with Crippen molar-refractivity contribution in [2.24, 2.45) is 0 Å². The number of Topliss-reactive ketones (excluding diaryl/α,β-unsaturated/α-hetero) is 1. The van der Waals surface area contributed by atoms with Crippen LogP contribution in [0.2, 0.25) is 0 Å². The highest BCUT2D eigenvalue weighted by Crippen LogP contribution is 2.22. The molecule has 1 N–H and O–H groups in total. The number of aromatic nitrogens is 1. The molecule has 134 valence electrons. The lowest BCUT2D eigenvalue weighted by Gasteiger charge is -2.04. The molecule has 0 saturated carbocycles. The number of para-hydroxylation sites is 1. The maximum absolute atomic E-state index is 12.7. The highest BCUT2D eigenvalue weighted by molar-refractivity contribution is 6.44. The number of nitrogens with one attached hydrogen (secondary N) is 1. The predicted octanol–water partition coefficient (Wildman–Crippen LogP) is 4.33. The molecule has 1 aromatic heterocycles. The highest BCUT2D eigenvalue weighted by Gasteiger charge is 2.21. The Balaban J connectivity index is 1.77. The Kier molecular flexibility index (Phi) is 5.84. The van der Waals surface area contributed by atoms with E-state index in [9.17, 15) is 9.59 Å². The highest BCUT2D eigenvalue weighted by atomic mass is 16.2. The number of ketones is 1. The Morgan fingerprint density at radius 1 is 0.962 bits per heavy atom. The zero-order valence-corrected chi connectivity index (χ0v) is 15.1. The second-order valence-corrected chi connectivity index (χ2v) is 6.46. The van der Waals surface area contributed by atoms with Gasteiger partial charge in [-0.3, -0.25) is 9.59 Å². The monoisotopic (exact) mass is 348 g/mol. The number of hydrogen-bond acceptors (Lipinski definition) is 2. The van der Waals surface area contributed by atoms with Gasteiger partial charge in [-0.25, -0.2) is 0 Å². The van der Waals surface area contributed by atoms with Crippen LogP contribution in [0, 0.1) is 0 Å². The molecule has 0 unspecified atom stereocenters. The second-order valence-electron chi connectivity index (χ2n) is 6.46. The SMILES string of the molecule is CCCCCn1cc(C(=O)C(=O)NCc2ccccc2)c2ccccc21. The number of carbonyl (C=O) groups excluding carboxylic acids is 2. The van der Waals surface area contributed by atoms with Crippen LogP contribution in [0.5, 0.6) is 0 Å².